The molecule has 1 heterocycles. The van der Waals surface area contributed by atoms with Gasteiger partial charge in [0.15, 0.2) is 0 Å². The molecular formula is C17H18O6. The highest BCUT2D eigenvalue weighted by molar-refractivity contribution is 6.39. The van der Waals surface area contributed by atoms with Gasteiger partial charge in [-0.1, -0.05) is 32.1 Å². The first-order valence-corrected chi connectivity index (χ1v) is 7.07. The number of carbonyl (C=O) groups excluding carboxylic acids is 3. The van der Waals surface area contributed by atoms with E-state index in [4.69, 9.17) is 14.2 Å². The monoisotopic (exact) mass is 318 g/mol. The van der Waals surface area contributed by atoms with Crippen LogP contribution in [0.2, 0.25) is 0 Å². The largest absolute Gasteiger partial charge is 0.497 e. The summed E-state index contributed by atoms with van der Waals surface area (Å²) in [5.41, 5.74) is 0.0831. The minimum atomic E-state index is -1.08. The number of carbonyl (C=O) groups is 3. The molecule has 6 heteroatoms. The Morgan fingerprint density at radius 1 is 1.26 bits per heavy atom. The number of hydrogen-bond acceptors (Lipinski definition) is 6. The van der Waals surface area contributed by atoms with Gasteiger partial charge in [-0.2, -0.15) is 0 Å². The number of rotatable bonds is 5. The smallest absolute Gasteiger partial charge is 0.379 e. The van der Waals surface area contributed by atoms with E-state index < -0.39 is 29.2 Å². The Morgan fingerprint density at radius 2 is 1.91 bits per heavy atom. The lowest BCUT2D eigenvalue weighted by Crippen LogP contribution is -2.36. The van der Waals surface area contributed by atoms with E-state index in [0.717, 1.165) is 11.6 Å². The summed E-state index contributed by atoms with van der Waals surface area (Å²) in [7, 11) is 1.56. The van der Waals surface area contributed by atoms with E-state index in [-0.39, 0.29) is 6.61 Å². The van der Waals surface area contributed by atoms with Crippen molar-refractivity contribution in [2.75, 3.05) is 13.7 Å². The van der Waals surface area contributed by atoms with Crippen LogP contribution in [0.25, 0.3) is 6.08 Å². The number of ketones is 1. The van der Waals surface area contributed by atoms with E-state index in [1.807, 2.05) is 0 Å². The Morgan fingerprint density at radius 3 is 2.43 bits per heavy atom. The van der Waals surface area contributed by atoms with Crippen molar-refractivity contribution in [2.45, 2.75) is 20.0 Å². The lowest BCUT2D eigenvalue weighted by Gasteiger charge is -2.20. The van der Waals surface area contributed by atoms with Crippen LogP contribution in [0, 0.1) is 5.41 Å². The van der Waals surface area contributed by atoms with Crippen LogP contribution in [0.4, 0.5) is 0 Å². The van der Waals surface area contributed by atoms with Crippen LogP contribution in [0.3, 0.4) is 0 Å². The second-order valence-electron chi connectivity index (χ2n) is 5.85. The third kappa shape index (κ3) is 3.97. The highest BCUT2D eigenvalue weighted by Gasteiger charge is 2.47. The zero-order valence-electron chi connectivity index (χ0n) is 13.2. The first kappa shape index (κ1) is 16.7. The van der Waals surface area contributed by atoms with Crippen molar-refractivity contribution in [3.63, 3.8) is 0 Å². The molecule has 1 fully saturated rings. The van der Waals surface area contributed by atoms with Crippen molar-refractivity contribution in [2.24, 2.45) is 5.41 Å². The molecule has 0 saturated carbocycles. The molecule has 1 atom stereocenters. The van der Waals surface area contributed by atoms with Gasteiger partial charge in [0, 0.05) is 5.41 Å². The number of cyclic esters (lactones) is 1. The number of benzene rings is 1. The standard InChI is InChI=1S/C17H18O6/c1-17(2)10-22-16(20)14(17)23-15(19)13(18)9-6-11-4-7-12(21-3)8-5-11/h4-9,14H,10H2,1-3H3/b9-6+/t14-/m0/s1. The number of esters is 2. The molecule has 1 aliphatic rings. The molecule has 0 unspecified atom stereocenters. The number of methoxy groups -OCH3 is 1. The summed E-state index contributed by atoms with van der Waals surface area (Å²) in [5.74, 6) is -1.85. The van der Waals surface area contributed by atoms with Gasteiger partial charge >= 0.3 is 11.9 Å². The summed E-state index contributed by atoms with van der Waals surface area (Å²) in [6.07, 6.45) is 1.53. The topological polar surface area (TPSA) is 78.9 Å². The number of ether oxygens (including phenoxy) is 3. The van der Waals surface area contributed by atoms with Crippen molar-refractivity contribution in [1.29, 1.82) is 0 Å². The van der Waals surface area contributed by atoms with Crippen LogP contribution in [-0.4, -0.2) is 37.5 Å². The maximum Gasteiger partial charge on any atom is 0.379 e. The maximum atomic E-state index is 11.8. The first-order valence-electron chi connectivity index (χ1n) is 7.07. The fourth-order valence-electron chi connectivity index (χ4n) is 2.06. The fraction of sp³-hybridized carbons (Fsp3) is 0.353. The molecule has 0 aliphatic carbocycles. The molecule has 6 nitrogen and oxygen atoms in total. The van der Waals surface area contributed by atoms with Crippen molar-refractivity contribution in [1.82, 2.24) is 0 Å². The van der Waals surface area contributed by atoms with Crippen LogP contribution in [-0.2, 0) is 23.9 Å². The van der Waals surface area contributed by atoms with Crippen LogP contribution in [0.1, 0.15) is 19.4 Å². The van der Waals surface area contributed by atoms with Gasteiger partial charge in [-0.25, -0.2) is 9.59 Å². The Balaban J connectivity index is 1.98. The van der Waals surface area contributed by atoms with E-state index in [1.165, 1.54) is 6.08 Å². The molecule has 0 N–H and O–H groups in total. The molecule has 0 spiro atoms. The minimum absolute atomic E-state index is 0.152. The quantitative estimate of drug-likeness (QED) is 0.468. The summed E-state index contributed by atoms with van der Waals surface area (Å²) < 4.78 is 14.9. The van der Waals surface area contributed by atoms with Gasteiger partial charge in [0.25, 0.3) is 5.78 Å². The molecule has 23 heavy (non-hydrogen) atoms. The van der Waals surface area contributed by atoms with Crippen molar-refractivity contribution >= 4 is 23.8 Å². The zero-order chi connectivity index (χ0) is 17.0. The molecule has 0 radical (unpaired) electrons. The molecule has 0 bridgehead atoms. The highest BCUT2D eigenvalue weighted by atomic mass is 16.6. The van der Waals surface area contributed by atoms with Gasteiger partial charge in [-0.15, -0.1) is 0 Å². The van der Waals surface area contributed by atoms with E-state index in [0.29, 0.717) is 5.75 Å². The van der Waals surface area contributed by atoms with Gasteiger partial charge in [-0.05, 0) is 23.8 Å². The van der Waals surface area contributed by atoms with E-state index in [1.54, 1.807) is 45.2 Å². The van der Waals surface area contributed by atoms with Crippen molar-refractivity contribution in [3.8, 4) is 5.75 Å². The SMILES string of the molecule is COc1ccc(/C=C/C(=O)C(=O)O[C@H]2C(=O)OCC2(C)C)cc1. The predicted molar refractivity (Wildman–Crippen MR) is 81.7 cm³/mol. The third-order valence-corrected chi connectivity index (χ3v) is 3.48. The van der Waals surface area contributed by atoms with Crippen LogP contribution in [0.5, 0.6) is 5.75 Å². The molecular weight excluding hydrogens is 300 g/mol. The molecule has 1 saturated heterocycles. The molecule has 1 aromatic carbocycles. The van der Waals surface area contributed by atoms with Gasteiger partial charge in [-0.3, -0.25) is 4.79 Å². The van der Waals surface area contributed by atoms with Crippen LogP contribution >= 0.6 is 0 Å². The summed E-state index contributed by atoms with van der Waals surface area (Å²) in [5, 5.41) is 0. The Hall–Kier alpha value is -2.63. The normalized spacial score (nSPS) is 19.4. The summed E-state index contributed by atoms with van der Waals surface area (Å²) in [6, 6.07) is 6.95. The lowest BCUT2D eigenvalue weighted by molar-refractivity contribution is -0.165. The second kappa shape index (κ2) is 6.64. The van der Waals surface area contributed by atoms with E-state index >= 15 is 0 Å². The molecule has 122 valence electrons. The van der Waals surface area contributed by atoms with Crippen LogP contribution in [0.15, 0.2) is 30.3 Å². The van der Waals surface area contributed by atoms with E-state index in [9.17, 15) is 14.4 Å². The number of hydrogen-bond donors (Lipinski definition) is 0. The predicted octanol–water partition coefficient (Wildman–Crippen LogP) is 1.77. The molecule has 0 aromatic heterocycles. The van der Waals surface area contributed by atoms with Gasteiger partial charge in [0.1, 0.15) is 12.4 Å². The zero-order valence-corrected chi connectivity index (χ0v) is 13.2. The molecule has 2 rings (SSSR count). The minimum Gasteiger partial charge on any atom is -0.497 e. The third-order valence-electron chi connectivity index (χ3n) is 3.48. The van der Waals surface area contributed by atoms with Crippen LogP contribution < -0.4 is 4.74 Å². The average molecular weight is 318 g/mol. The average Bonchev–Trinajstić information content (AvgIpc) is 2.79. The Labute approximate surface area is 134 Å². The maximum absolute atomic E-state index is 11.8. The molecule has 0 amide bonds. The van der Waals surface area contributed by atoms with Crippen molar-refractivity contribution < 1.29 is 28.6 Å². The summed E-state index contributed by atoms with van der Waals surface area (Å²) in [4.78, 5) is 35.2. The summed E-state index contributed by atoms with van der Waals surface area (Å²) in [6.45, 7) is 3.61. The van der Waals surface area contributed by atoms with Gasteiger partial charge < -0.3 is 14.2 Å². The summed E-state index contributed by atoms with van der Waals surface area (Å²) >= 11 is 0. The molecule has 1 aliphatic heterocycles. The Kier molecular flexibility index (Phi) is 4.83. The Bertz CT molecular complexity index is 642. The van der Waals surface area contributed by atoms with Gasteiger partial charge in [0.05, 0.1) is 7.11 Å². The van der Waals surface area contributed by atoms with Gasteiger partial charge in [0.2, 0.25) is 6.10 Å². The lowest BCUT2D eigenvalue weighted by atomic mass is 9.90. The van der Waals surface area contributed by atoms with Crippen molar-refractivity contribution in [3.05, 3.63) is 35.9 Å². The fourth-order valence-corrected chi connectivity index (χ4v) is 2.06. The highest BCUT2D eigenvalue weighted by Crippen LogP contribution is 2.31. The van der Waals surface area contributed by atoms with E-state index in [2.05, 4.69) is 0 Å². The molecule has 1 aromatic rings. The second-order valence-corrected chi connectivity index (χ2v) is 5.85. The first-order chi connectivity index (χ1) is 10.8.